The van der Waals surface area contributed by atoms with Gasteiger partial charge in [-0.15, -0.1) is 0 Å². The molecule has 0 bridgehead atoms. The van der Waals surface area contributed by atoms with E-state index in [0.29, 0.717) is 0 Å². The Morgan fingerprint density at radius 1 is 0.636 bits per heavy atom. The Labute approximate surface area is 252 Å². The van der Waals surface area contributed by atoms with Gasteiger partial charge < -0.3 is 41.0 Å². The lowest BCUT2D eigenvalue weighted by molar-refractivity contribution is 0.460. The highest BCUT2D eigenvalue weighted by molar-refractivity contribution is 7.86. The van der Waals surface area contributed by atoms with Crippen molar-refractivity contribution in [3.8, 4) is 0 Å². The zero-order valence-electron chi connectivity index (χ0n) is 23.6. The Kier molecular flexibility index (Phi) is 8.81. The van der Waals surface area contributed by atoms with Crippen molar-refractivity contribution in [1.29, 1.82) is 0 Å². The number of aromatic nitrogens is 6. The molecule has 4 rings (SSSR count). The maximum atomic E-state index is 12.1. The molecule has 232 valence electrons. The van der Waals surface area contributed by atoms with Crippen molar-refractivity contribution < 1.29 is 25.9 Å². The molecule has 2 aromatic heterocycles. The molecule has 0 unspecified atom stereocenters. The number of nitrogens with zero attached hydrogens (tertiary/aromatic N) is 8. The monoisotopic (exact) mass is 642 g/mol. The van der Waals surface area contributed by atoms with Gasteiger partial charge in [0.25, 0.3) is 0 Å². The number of rotatable bonds is 10. The van der Waals surface area contributed by atoms with Gasteiger partial charge in [-0.25, -0.2) is 16.8 Å². The van der Waals surface area contributed by atoms with Gasteiger partial charge >= 0.3 is 0 Å². The first kappa shape index (κ1) is 31.7. The Morgan fingerprint density at radius 3 is 1.32 bits per heavy atom. The highest BCUT2D eigenvalue weighted by Crippen LogP contribution is 2.28. The van der Waals surface area contributed by atoms with Crippen molar-refractivity contribution in [2.75, 3.05) is 60.1 Å². The van der Waals surface area contributed by atoms with E-state index in [1.165, 1.54) is 36.4 Å². The molecule has 0 aliphatic heterocycles. The first-order valence-electron chi connectivity index (χ1n) is 12.3. The molecule has 0 radical (unpaired) electrons. The molecule has 0 aliphatic rings. The molecule has 20 heteroatoms. The molecule has 0 fully saturated rings. The van der Waals surface area contributed by atoms with E-state index in [1.807, 2.05) is 0 Å². The average molecular weight is 643 g/mol. The summed E-state index contributed by atoms with van der Waals surface area (Å²) >= 11 is 0. The van der Waals surface area contributed by atoms with Crippen LogP contribution >= 0.6 is 0 Å². The Hall–Kier alpha value is -5.18. The quantitative estimate of drug-likeness (QED) is 0.138. The molecule has 0 saturated heterocycles. The number of nitrogens with two attached hydrogens (primary N) is 2. The van der Waals surface area contributed by atoms with Crippen LogP contribution in [0.5, 0.6) is 0 Å². The fourth-order valence-electron chi connectivity index (χ4n) is 3.64. The number of benzene rings is 2. The lowest BCUT2D eigenvalue weighted by Crippen LogP contribution is -2.15. The van der Waals surface area contributed by atoms with Crippen LogP contribution in [0.25, 0.3) is 12.2 Å². The number of nitrogen functional groups attached to an aromatic ring is 2. The van der Waals surface area contributed by atoms with Crippen LogP contribution in [0.3, 0.4) is 0 Å². The zero-order chi connectivity index (χ0) is 32.4. The van der Waals surface area contributed by atoms with Crippen LogP contribution in [0.4, 0.5) is 47.1 Å². The maximum Gasteiger partial charge on any atom is 0.233 e. The Balaban J connectivity index is 1.68. The molecule has 0 atom stereocenters. The second-order valence-corrected chi connectivity index (χ2v) is 12.1. The highest BCUT2D eigenvalue weighted by Gasteiger charge is 2.14. The van der Waals surface area contributed by atoms with Crippen LogP contribution < -0.4 is 31.9 Å². The van der Waals surface area contributed by atoms with Crippen LogP contribution in [0.1, 0.15) is 11.1 Å². The van der Waals surface area contributed by atoms with Crippen molar-refractivity contribution in [1.82, 2.24) is 29.9 Å². The third kappa shape index (κ3) is 7.80. The van der Waals surface area contributed by atoms with Crippen LogP contribution in [0.15, 0.2) is 46.2 Å². The van der Waals surface area contributed by atoms with Crippen LogP contribution in [-0.4, -0.2) is 84.0 Å². The topological polar surface area (TPSA) is 274 Å². The minimum absolute atomic E-state index is 0.00415. The zero-order valence-corrected chi connectivity index (χ0v) is 25.3. The number of anilines is 8. The van der Waals surface area contributed by atoms with E-state index in [9.17, 15) is 25.9 Å². The van der Waals surface area contributed by atoms with Gasteiger partial charge in [-0.3, -0.25) is 0 Å². The van der Waals surface area contributed by atoms with Gasteiger partial charge in [-0.1, -0.05) is 24.3 Å². The van der Waals surface area contributed by atoms with E-state index in [4.69, 9.17) is 11.5 Å². The van der Waals surface area contributed by atoms with Gasteiger partial charge in [-0.05, 0) is 35.4 Å². The molecule has 2 aromatic carbocycles. The molecule has 0 saturated carbocycles. The maximum absolute atomic E-state index is 12.1. The number of hydrogen-bond donors (Lipinski definition) is 4. The highest BCUT2D eigenvalue weighted by atomic mass is 32.2. The summed E-state index contributed by atoms with van der Waals surface area (Å²) in [4.78, 5) is 26.0. The van der Waals surface area contributed by atoms with Gasteiger partial charge in [0.1, 0.15) is 20.2 Å². The van der Waals surface area contributed by atoms with Crippen molar-refractivity contribution in [2.45, 2.75) is 9.79 Å². The predicted molar refractivity (Wildman–Crippen MR) is 161 cm³/mol. The number of hydrogen-bond acceptors (Lipinski definition) is 18. The Morgan fingerprint density at radius 2 is 1.00 bits per heavy atom. The van der Waals surface area contributed by atoms with E-state index >= 15 is 0 Å². The average Bonchev–Trinajstić information content (AvgIpc) is 2.91. The fourth-order valence-corrected chi connectivity index (χ4v) is 5.04. The Bertz CT molecular complexity index is 1830. The molecule has 0 spiro atoms. The minimum atomic E-state index is -5.03. The third-order valence-corrected chi connectivity index (χ3v) is 7.39. The summed E-state index contributed by atoms with van der Waals surface area (Å²) in [6.07, 6.45) is 2.37. The first-order valence-corrected chi connectivity index (χ1v) is 15.1. The van der Waals surface area contributed by atoms with E-state index in [2.05, 4.69) is 40.5 Å². The van der Waals surface area contributed by atoms with Gasteiger partial charge in [-0.2, -0.15) is 29.9 Å². The van der Waals surface area contributed by atoms with Crippen molar-refractivity contribution in [3.63, 3.8) is 0 Å². The lowest BCUT2D eigenvalue weighted by atomic mass is 10.1. The van der Waals surface area contributed by atoms with Crippen molar-refractivity contribution in [3.05, 3.63) is 47.5 Å². The molecule has 0 amide bonds. The van der Waals surface area contributed by atoms with Crippen molar-refractivity contribution in [2.24, 2.45) is 0 Å². The lowest BCUT2D eigenvalue weighted by Gasteiger charge is -2.16. The molecule has 4 aromatic rings. The summed E-state index contributed by atoms with van der Waals surface area (Å²) in [6.45, 7) is 0. The SMILES string of the molecule is CN(C)c1nc(N)nc(Nc2ccc(/C=C/c3ccc(Nc4nc(N)nc(N(C)C)n4)cc3S(=O)(=O)[O-])c(S(=O)(=O)[O-])c2)n1. The van der Waals surface area contributed by atoms with Gasteiger partial charge in [0.05, 0.1) is 9.79 Å². The van der Waals surface area contributed by atoms with Crippen LogP contribution in [0.2, 0.25) is 0 Å². The molecule has 6 N–H and O–H groups in total. The summed E-state index contributed by atoms with van der Waals surface area (Å²) in [6, 6.07) is 7.58. The van der Waals surface area contributed by atoms with E-state index < -0.39 is 30.0 Å². The summed E-state index contributed by atoms with van der Waals surface area (Å²) in [5.74, 6) is 0.271. The van der Waals surface area contributed by atoms with E-state index in [1.54, 1.807) is 38.0 Å². The smallest absolute Gasteiger partial charge is 0.233 e. The summed E-state index contributed by atoms with van der Waals surface area (Å²) < 4.78 is 72.8. The molecule has 2 heterocycles. The fraction of sp³-hybridized carbons (Fsp3) is 0.167. The molecule has 0 aliphatic carbocycles. The van der Waals surface area contributed by atoms with E-state index in [0.717, 1.165) is 12.1 Å². The molecule has 44 heavy (non-hydrogen) atoms. The summed E-state index contributed by atoms with van der Waals surface area (Å²) in [5.41, 5.74) is 11.5. The normalized spacial score (nSPS) is 11.9. The summed E-state index contributed by atoms with van der Waals surface area (Å²) in [5, 5.41) is 5.55. The molecular formula is C24H26N12O6S2-2. The standard InChI is InChI=1S/C24H28N12O6S2/c1-35(2)23-31-19(25)29-21(33-23)27-15-9-7-13(17(11-15)43(37,38)39)5-6-14-8-10-16(12-18(14)44(40,41)42)28-22-30-20(26)32-24(34-22)36(3)4/h5-12H,1-4H3,(H,37,38,39)(H,40,41,42)(H3,25,27,29,31,33)(H3,26,28,30,32,34)/p-2/b6-5+. The third-order valence-electron chi connectivity index (χ3n) is 5.60. The number of nitrogens with one attached hydrogen (secondary N) is 2. The second kappa shape index (κ2) is 12.2. The van der Waals surface area contributed by atoms with Gasteiger partial charge in [0, 0.05) is 39.6 Å². The van der Waals surface area contributed by atoms with Gasteiger partial charge in [0.15, 0.2) is 0 Å². The second-order valence-electron chi connectivity index (χ2n) is 9.42. The predicted octanol–water partition coefficient (Wildman–Crippen LogP) is 0.819. The molecular weight excluding hydrogens is 616 g/mol. The molecule has 18 nitrogen and oxygen atoms in total. The first-order chi connectivity index (χ1) is 20.5. The summed E-state index contributed by atoms with van der Waals surface area (Å²) in [7, 11) is -3.32. The van der Waals surface area contributed by atoms with Gasteiger partial charge in [0.2, 0.25) is 35.7 Å². The van der Waals surface area contributed by atoms with Crippen LogP contribution in [-0.2, 0) is 20.2 Å². The minimum Gasteiger partial charge on any atom is -0.744 e. The van der Waals surface area contributed by atoms with Crippen molar-refractivity contribution >= 4 is 79.5 Å². The van der Waals surface area contributed by atoms with E-state index in [-0.39, 0.29) is 58.2 Å². The largest absolute Gasteiger partial charge is 0.744 e. The van der Waals surface area contributed by atoms with Crippen LogP contribution in [0, 0.1) is 0 Å².